The fourth-order valence-electron chi connectivity index (χ4n) is 7.72. The molecule has 0 amide bonds. The zero-order valence-electron chi connectivity index (χ0n) is 50.1. The monoisotopic (exact) mass is 1100 g/mol. The lowest BCUT2D eigenvalue weighted by atomic mass is 10.0. The third-order valence-corrected chi connectivity index (χ3v) is 13.3. The van der Waals surface area contributed by atoms with Gasteiger partial charge in [0.05, 0.1) is 27.7 Å². The van der Waals surface area contributed by atoms with Gasteiger partial charge in [-0.2, -0.15) is 0 Å². The molecule has 0 saturated heterocycles. The SMILES string of the molecule is CC/C=C\C/C=C\C/C=C\C/C=C\C/C=C\C/C=C\C/C=C\C/C=C\CCCCC(=O)OC(COC(=O)CCCCCCCCCCCCCCCC/C=C\C/C=C\C/C=C\C/C=C\CC)COP(=O)([O-])OCC[N+](C)(C)C. The van der Waals surface area contributed by atoms with E-state index in [9.17, 15) is 19.0 Å². The molecule has 0 spiro atoms. The molecule has 442 valence electrons. The Hall–Kier alpha value is -4.11. The van der Waals surface area contributed by atoms with Crippen LogP contribution in [-0.2, 0) is 32.7 Å². The van der Waals surface area contributed by atoms with Crippen molar-refractivity contribution in [3.63, 3.8) is 0 Å². The highest BCUT2D eigenvalue weighted by Gasteiger charge is 2.21. The molecule has 9 nitrogen and oxygen atoms in total. The highest BCUT2D eigenvalue weighted by molar-refractivity contribution is 7.45. The van der Waals surface area contributed by atoms with E-state index >= 15 is 0 Å². The number of quaternary nitrogens is 1. The van der Waals surface area contributed by atoms with Crippen LogP contribution in [0, 0.1) is 0 Å². The van der Waals surface area contributed by atoms with Crippen molar-refractivity contribution in [2.75, 3.05) is 47.5 Å². The summed E-state index contributed by atoms with van der Waals surface area (Å²) in [6.07, 6.45) is 84.7. The van der Waals surface area contributed by atoms with Gasteiger partial charge in [-0.1, -0.05) is 237 Å². The molecule has 0 radical (unpaired) electrons. The highest BCUT2D eigenvalue weighted by atomic mass is 31.2. The first-order chi connectivity index (χ1) is 38.0. The summed E-state index contributed by atoms with van der Waals surface area (Å²) in [5.41, 5.74) is 0. The van der Waals surface area contributed by atoms with E-state index in [2.05, 4.69) is 160 Å². The minimum absolute atomic E-state index is 0.0475. The predicted molar refractivity (Wildman–Crippen MR) is 332 cm³/mol. The largest absolute Gasteiger partial charge is 0.756 e. The molecule has 0 aliphatic rings. The Balaban J connectivity index is 4.26. The van der Waals surface area contributed by atoms with E-state index in [0.717, 1.165) is 109 Å². The van der Waals surface area contributed by atoms with Gasteiger partial charge in [-0.15, -0.1) is 0 Å². The molecule has 0 aromatic carbocycles. The van der Waals surface area contributed by atoms with Gasteiger partial charge in [0.2, 0.25) is 0 Å². The smallest absolute Gasteiger partial charge is 0.306 e. The number of hydrogen-bond donors (Lipinski definition) is 0. The summed E-state index contributed by atoms with van der Waals surface area (Å²) in [7, 11) is 1.12. The maximum Gasteiger partial charge on any atom is 0.306 e. The summed E-state index contributed by atoms with van der Waals surface area (Å²) < 4.78 is 34.1. The number of ether oxygens (including phenoxy) is 2. The Morgan fingerprint density at radius 1 is 0.397 bits per heavy atom. The van der Waals surface area contributed by atoms with Crippen LogP contribution in [0.2, 0.25) is 0 Å². The Kier molecular flexibility index (Phi) is 54.5. The first-order valence-electron chi connectivity index (χ1n) is 30.5. The van der Waals surface area contributed by atoms with Crippen molar-refractivity contribution in [2.45, 2.75) is 225 Å². The van der Waals surface area contributed by atoms with Gasteiger partial charge >= 0.3 is 11.9 Å². The number of rotatable bonds is 54. The zero-order valence-corrected chi connectivity index (χ0v) is 50.9. The number of phosphoric acid groups is 1. The van der Waals surface area contributed by atoms with E-state index in [0.29, 0.717) is 23.9 Å². The number of esters is 2. The third kappa shape index (κ3) is 61.1. The van der Waals surface area contributed by atoms with E-state index in [1.165, 1.54) is 70.6 Å². The van der Waals surface area contributed by atoms with Gasteiger partial charge in [0.15, 0.2) is 6.10 Å². The van der Waals surface area contributed by atoms with Gasteiger partial charge in [0.25, 0.3) is 7.82 Å². The molecule has 10 heteroatoms. The van der Waals surface area contributed by atoms with Crippen molar-refractivity contribution >= 4 is 19.8 Å². The van der Waals surface area contributed by atoms with E-state index in [4.69, 9.17) is 18.5 Å². The first-order valence-corrected chi connectivity index (χ1v) is 32.0. The first kappa shape index (κ1) is 73.9. The molecule has 0 aromatic rings. The van der Waals surface area contributed by atoms with Crippen molar-refractivity contribution in [1.29, 1.82) is 0 Å². The van der Waals surface area contributed by atoms with Crippen LogP contribution in [0.3, 0.4) is 0 Å². The minimum atomic E-state index is -4.66. The molecule has 0 bridgehead atoms. The molecule has 0 aliphatic heterocycles. The maximum atomic E-state index is 12.8. The molecule has 2 unspecified atom stereocenters. The number of carbonyl (C=O) groups excluding carboxylic acids is 2. The van der Waals surface area contributed by atoms with Gasteiger partial charge in [-0.25, -0.2) is 0 Å². The Labute approximate surface area is 478 Å². The lowest BCUT2D eigenvalue weighted by Gasteiger charge is -2.28. The lowest BCUT2D eigenvalue weighted by Crippen LogP contribution is -2.37. The summed E-state index contributed by atoms with van der Waals surface area (Å²) in [5, 5.41) is 0. The van der Waals surface area contributed by atoms with Gasteiger partial charge in [-0.3, -0.25) is 14.2 Å². The minimum Gasteiger partial charge on any atom is -0.756 e. The summed E-state index contributed by atoms with van der Waals surface area (Å²) in [6.45, 7) is 3.95. The predicted octanol–water partition coefficient (Wildman–Crippen LogP) is 18.8. The van der Waals surface area contributed by atoms with Crippen LogP contribution in [-0.4, -0.2) is 70.0 Å². The molecule has 0 heterocycles. The van der Waals surface area contributed by atoms with Crippen molar-refractivity contribution in [3.8, 4) is 0 Å². The van der Waals surface area contributed by atoms with Crippen molar-refractivity contribution < 1.29 is 42.1 Å². The summed E-state index contributed by atoms with van der Waals surface area (Å²) in [5.74, 6) is -0.894. The lowest BCUT2D eigenvalue weighted by molar-refractivity contribution is -0.870. The summed E-state index contributed by atoms with van der Waals surface area (Å²) >= 11 is 0. The third-order valence-electron chi connectivity index (χ3n) is 12.4. The molecule has 0 aromatic heterocycles. The van der Waals surface area contributed by atoms with Crippen LogP contribution in [0.25, 0.3) is 0 Å². The Morgan fingerprint density at radius 3 is 1.05 bits per heavy atom. The van der Waals surface area contributed by atoms with Gasteiger partial charge < -0.3 is 27.9 Å². The number of nitrogens with zero attached hydrogens (tertiary/aromatic N) is 1. The molecular formula is C68H112NO8P. The number of carbonyl (C=O) groups is 2. The molecule has 0 aliphatic carbocycles. The van der Waals surface area contributed by atoms with Crippen LogP contribution in [0.4, 0.5) is 0 Å². The second kappa shape index (κ2) is 57.6. The van der Waals surface area contributed by atoms with Crippen LogP contribution in [0.1, 0.15) is 219 Å². The molecular weight excluding hydrogens is 990 g/mol. The highest BCUT2D eigenvalue weighted by Crippen LogP contribution is 2.38. The quantitative estimate of drug-likeness (QED) is 0.0195. The van der Waals surface area contributed by atoms with E-state index in [-0.39, 0.29) is 26.1 Å². The van der Waals surface area contributed by atoms with Crippen LogP contribution in [0.5, 0.6) is 0 Å². The maximum absolute atomic E-state index is 12.8. The van der Waals surface area contributed by atoms with Crippen molar-refractivity contribution in [1.82, 2.24) is 0 Å². The fourth-order valence-corrected chi connectivity index (χ4v) is 8.45. The Morgan fingerprint density at radius 2 is 0.692 bits per heavy atom. The van der Waals surface area contributed by atoms with E-state index in [1.807, 2.05) is 21.1 Å². The number of unbranched alkanes of at least 4 members (excludes halogenated alkanes) is 16. The van der Waals surface area contributed by atoms with Crippen LogP contribution < -0.4 is 4.89 Å². The van der Waals surface area contributed by atoms with Gasteiger partial charge in [-0.05, 0) is 116 Å². The number of hydrogen-bond acceptors (Lipinski definition) is 8. The molecule has 2 atom stereocenters. The average molecular weight is 1100 g/mol. The standard InChI is InChI=1S/C68H112NO8P/c1-6-8-10-12-14-16-18-20-22-24-26-28-30-32-34-36-38-40-42-44-46-48-50-52-54-56-58-60-67(70)74-64-66(65-76-78(72,73)75-63-62-69(3,4)5)77-68(71)61-59-57-55-53-51-49-47-45-43-41-39-37-35-33-31-29-27-25-23-21-19-17-15-13-11-9-7-2/h8-11,14-17,20-23,26-29,33,35,39,41,45,47,51,53,66H,6-7,12-13,18-19,24-25,30-32,34,36-38,40,42-44,46,48-50,52,54-65H2,1-5H3/b10-8-,11-9-,16-14-,17-15-,22-20-,23-21-,28-26-,29-27-,35-33-,41-39-,47-45-,53-51-. The number of likely N-dealkylation sites (N-methyl/N-ethyl adjacent to an activating group) is 1. The summed E-state index contributed by atoms with van der Waals surface area (Å²) in [4.78, 5) is 37.9. The molecule has 0 fully saturated rings. The number of allylic oxidation sites excluding steroid dienone is 24. The van der Waals surface area contributed by atoms with E-state index < -0.39 is 32.5 Å². The zero-order chi connectivity index (χ0) is 57.0. The Bertz CT molecular complexity index is 1820. The molecule has 0 saturated carbocycles. The number of phosphoric ester groups is 1. The molecule has 78 heavy (non-hydrogen) atoms. The fraction of sp³-hybridized carbons (Fsp3) is 0.618. The van der Waals surface area contributed by atoms with E-state index in [1.54, 1.807) is 0 Å². The van der Waals surface area contributed by atoms with Gasteiger partial charge in [0, 0.05) is 12.8 Å². The van der Waals surface area contributed by atoms with Crippen molar-refractivity contribution in [2.24, 2.45) is 0 Å². The van der Waals surface area contributed by atoms with Crippen LogP contribution in [0.15, 0.2) is 146 Å². The normalized spacial score (nSPS) is 14.3. The van der Waals surface area contributed by atoms with Gasteiger partial charge in [0.1, 0.15) is 19.8 Å². The molecule has 0 N–H and O–H groups in total. The molecule has 0 rings (SSSR count). The van der Waals surface area contributed by atoms with Crippen molar-refractivity contribution in [3.05, 3.63) is 146 Å². The second-order valence-electron chi connectivity index (χ2n) is 20.9. The van der Waals surface area contributed by atoms with Crippen LogP contribution >= 0.6 is 7.82 Å². The summed E-state index contributed by atoms with van der Waals surface area (Å²) in [6, 6.07) is 0. The second-order valence-corrected chi connectivity index (χ2v) is 22.4. The topological polar surface area (TPSA) is 111 Å². The average Bonchev–Trinajstić information content (AvgIpc) is 3.41.